The second kappa shape index (κ2) is 6.12. The van der Waals surface area contributed by atoms with Crippen molar-refractivity contribution in [3.05, 3.63) is 22.6 Å². The Bertz CT molecular complexity index is 323. The summed E-state index contributed by atoms with van der Waals surface area (Å²) in [6.45, 7) is 3.26. The van der Waals surface area contributed by atoms with Gasteiger partial charge in [-0.3, -0.25) is 0 Å². The van der Waals surface area contributed by atoms with Crippen LogP contribution in [-0.4, -0.2) is 18.1 Å². The van der Waals surface area contributed by atoms with Crippen LogP contribution in [0.3, 0.4) is 0 Å². The Balaban J connectivity index is 1.79. The molecule has 0 aromatic carbocycles. The number of nitrogens with one attached hydrogen (secondary N) is 1. The van der Waals surface area contributed by atoms with Gasteiger partial charge < -0.3 is 9.73 Å². The van der Waals surface area contributed by atoms with E-state index < -0.39 is 0 Å². The van der Waals surface area contributed by atoms with Gasteiger partial charge in [0.05, 0.1) is 16.8 Å². The second-order valence-corrected chi connectivity index (χ2v) is 6.40. The molecule has 1 aromatic heterocycles. The third-order valence-corrected chi connectivity index (χ3v) is 4.80. The summed E-state index contributed by atoms with van der Waals surface area (Å²) in [6.07, 6.45) is 4.43. The normalized spacial score (nSPS) is 19.9. The molecule has 90 valence electrons. The minimum absolute atomic E-state index is 0.291. The van der Waals surface area contributed by atoms with E-state index in [4.69, 9.17) is 4.42 Å². The van der Waals surface area contributed by atoms with Gasteiger partial charge in [0.25, 0.3) is 0 Å². The van der Waals surface area contributed by atoms with E-state index >= 15 is 0 Å². The molecule has 2 rings (SSSR count). The van der Waals surface area contributed by atoms with Crippen LogP contribution < -0.4 is 5.32 Å². The topological polar surface area (TPSA) is 25.2 Å². The molecule has 4 heteroatoms. The van der Waals surface area contributed by atoms with Gasteiger partial charge in [-0.1, -0.05) is 0 Å². The molecule has 0 aliphatic carbocycles. The summed E-state index contributed by atoms with van der Waals surface area (Å²) >= 11 is 5.58. The second-order valence-electron chi connectivity index (χ2n) is 4.32. The van der Waals surface area contributed by atoms with Crippen molar-refractivity contribution in [1.82, 2.24) is 5.32 Å². The summed E-state index contributed by atoms with van der Waals surface area (Å²) in [4.78, 5) is 0. The molecule has 1 aromatic rings. The molecular weight excluding hydrogens is 286 g/mol. The van der Waals surface area contributed by atoms with E-state index in [0.29, 0.717) is 6.04 Å². The fourth-order valence-electron chi connectivity index (χ4n) is 2.00. The Morgan fingerprint density at radius 2 is 2.31 bits per heavy atom. The smallest absolute Gasteiger partial charge is 0.134 e. The van der Waals surface area contributed by atoms with Gasteiger partial charge >= 0.3 is 0 Å². The van der Waals surface area contributed by atoms with Gasteiger partial charge in [0, 0.05) is 0 Å². The lowest BCUT2D eigenvalue weighted by Crippen LogP contribution is -2.27. The van der Waals surface area contributed by atoms with Gasteiger partial charge in [0.1, 0.15) is 5.76 Å². The van der Waals surface area contributed by atoms with Crippen LogP contribution in [0, 0.1) is 5.92 Å². The molecule has 2 nitrogen and oxygen atoms in total. The van der Waals surface area contributed by atoms with Gasteiger partial charge in [-0.2, -0.15) is 11.8 Å². The molecule has 0 radical (unpaired) electrons. The number of hydrogen-bond acceptors (Lipinski definition) is 3. The average molecular weight is 304 g/mol. The van der Waals surface area contributed by atoms with E-state index in [-0.39, 0.29) is 0 Å². The molecule has 1 unspecified atom stereocenters. The van der Waals surface area contributed by atoms with E-state index in [2.05, 4.69) is 39.9 Å². The molecule has 0 spiro atoms. The number of hydrogen-bond donors (Lipinski definition) is 1. The fourth-order valence-corrected chi connectivity index (χ4v) is 3.75. The van der Waals surface area contributed by atoms with Crippen molar-refractivity contribution in [3.63, 3.8) is 0 Å². The van der Waals surface area contributed by atoms with Gasteiger partial charge in [-0.05, 0) is 65.7 Å². The van der Waals surface area contributed by atoms with Crippen LogP contribution in [0.4, 0.5) is 0 Å². The molecule has 1 N–H and O–H groups in total. The van der Waals surface area contributed by atoms with Gasteiger partial charge in [-0.15, -0.1) is 0 Å². The van der Waals surface area contributed by atoms with E-state index in [1.54, 1.807) is 6.26 Å². The van der Waals surface area contributed by atoms with Crippen molar-refractivity contribution in [2.24, 2.45) is 5.92 Å². The van der Waals surface area contributed by atoms with Crippen LogP contribution >= 0.6 is 27.7 Å². The molecule has 1 fully saturated rings. The Morgan fingerprint density at radius 3 is 2.94 bits per heavy atom. The Morgan fingerprint density at radius 1 is 1.56 bits per heavy atom. The SMILES string of the molecule is CC(NCC1CCSCC1)c1occc1Br. The summed E-state index contributed by atoms with van der Waals surface area (Å²) in [5, 5.41) is 3.56. The highest BCUT2D eigenvalue weighted by molar-refractivity contribution is 9.10. The van der Waals surface area contributed by atoms with Crippen LogP contribution in [-0.2, 0) is 0 Å². The third kappa shape index (κ3) is 3.28. The first-order chi connectivity index (χ1) is 7.77. The zero-order valence-electron chi connectivity index (χ0n) is 9.54. The van der Waals surface area contributed by atoms with E-state index in [1.807, 2.05) is 6.07 Å². The average Bonchev–Trinajstić information content (AvgIpc) is 2.74. The monoisotopic (exact) mass is 303 g/mol. The lowest BCUT2D eigenvalue weighted by atomic mass is 10.0. The predicted molar refractivity (Wildman–Crippen MR) is 72.9 cm³/mol. The van der Waals surface area contributed by atoms with Crippen molar-refractivity contribution in [2.75, 3.05) is 18.1 Å². The Labute approximate surface area is 110 Å². The highest BCUT2D eigenvalue weighted by Crippen LogP contribution is 2.26. The van der Waals surface area contributed by atoms with Crippen molar-refractivity contribution in [1.29, 1.82) is 0 Å². The number of furan rings is 1. The first-order valence-corrected chi connectivity index (χ1v) is 7.76. The zero-order chi connectivity index (χ0) is 11.4. The van der Waals surface area contributed by atoms with Crippen LogP contribution in [0.1, 0.15) is 31.6 Å². The summed E-state index contributed by atoms with van der Waals surface area (Å²) in [5.41, 5.74) is 0. The number of rotatable bonds is 4. The molecule has 1 saturated heterocycles. The quantitative estimate of drug-likeness (QED) is 0.915. The van der Waals surface area contributed by atoms with Crippen molar-refractivity contribution in [2.45, 2.75) is 25.8 Å². The largest absolute Gasteiger partial charge is 0.466 e. The Kier molecular flexibility index (Phi) is 4.79. The Hall–Kier alpha value is 0.0700. The predicted octanol–water partition coefficient (Wildman–Crippen LogP) is 3.84. The minimum Gasteiger partial charge on any atom is -0.466 e. The molecule has 0 amide bonds. The molecule has 16 heavy (non-hydrogen) atoms. The molecule has 0 saturated carbocycles. The lowest BCUT2D eigenvalue weighted by Gasteiger charge is -2.23. The third-order valence-electron chi connectivity index (χ3n) is 3.09. The molecule has 1 atom stereocenters. The lowest BCUT2D eigenvalue weighted by molar-refractivity contribution is 0.380. The van der Waals surface area contributed by atoms with Crippen molar-refractivity contribution >= 4 is 27.7 Å². The van der Waals surface area contributed by atoms with Crippen LogP contribution in [0.2, 0.25) is 0 Å². The highest BCUT2D eigenvalue weighted by Gasteiger charge is 2.17. The van der Waals surface area contributed by atoms with E-state index in [1.165, 1.54) is 24.3 Å². The van der Waals surface area contributed by atoms with Gasteiger partial charge in [-0.25, -0.2) is 0 Å². The molecular formula is C12H18BrNOS. The summed E-state index contributed by atoms with van der Waals surface area (Å²) in [5.74, 6) is 4.50. The van der Waals surface area contributed by atoms with Crippen LogP contribution in [0.25, 0.3) is 0 Å². The van der Waals surface area contributed by atoms with Crippen molar-refractivity contribution in [3.8, 4) is 0 Å². The zero-order valence-corrected chi connectivity index (χ0v) is 11.9. The summed E-state index contributed by atoms with van der Waals surface area (Å²) in [7, 11) is 0. The maximum absolute atomic E-state index is 5.45. The highest BCUT2D eigenvalue weighted by atomic mass is 79.9. The van der Waals surface area contributed by atoms with Gasteiger partial charge in [0.2, 0.25) is 0 Å². The number of thioether (sulfide) groups is 1. The standard InChI is InChI=1S/C12H18BrNOS/c1-9(12-11(13)2-5-15-12)14-8-10-3-6-16-7-4-10/h2,5,9-10,14H,3-4,6-8H2,1H3. The summed E-state index contributed by atoms with van der Waals surface area (Å²) in [6, 6.07) is 2.24. The van der Waals surface area contributed by atoms with Crippen molar-refractivity contribution < 1.29 is 4.42 Å². The minimum atomic E-state index is 0.291. The summed E-state index contributed by atoms with van der Waals surface area (Å²) < 4.78 is 6.51. The van der Waals surface area contributed by atoms with Crippen LogP contribution in [0.15, 0.2) is 21.2 Å². The molecule has 2 heterocycles. The first-order valence-electron chi connectivity index (χ1n) is 5.81. The maximum atomic E-state index is 5.45. The van der Waals surface area contributed by atoms with Gasteiger partial charge in [0.15, 0.2) is 0 Å². The van der Waals surface area contributed by atoms with Crippen LogP contribution in [0.5, 0.6) is 0 Å². The molecule has 1 aliphatic heterocycles. The van der Waals surface area contributed by atoms with E-state index in [9.17, 15) is 0 Å². The maximum Gasteiger partial charge on any atom is 0.134 e. The molecule has 0 bridgehead atoms. The van der Waals surface area contributed by atoms with E-state index in [0.717, 1.165) is 22.7 Å². The molecule has 1 aliphatic rings. The number of halogens is 1. The fraction of sp³-hybridized carbons (Fsp3) is 0.667. The first kappa shape index (κ1) is 12.5.